The second-order valence-electron chi connectivity index (χ2n) is 4.64. The van der Waals surface area contributed by atoms with Crippen molar-refractivity contribution in [3.05, 3.63) is 17.3 Å². The average Bonchev–Trinajstić information content (AvgIpc) is 2.58. The number of aryl methyl sites for hydroxylation is 2. The van der Waals surface area contributed by atoms with Crippen molar-refractivity contribution in [3.8, 4) is 0 Å². The molecule has 1 aliphatic rings. The maximum Gasteiger partial charge on any atom is 0.208 e. The summed E-state index contributed by atoms with van der Waals surface area (Å²) in [6.45, 7) is 8.22. The zero-order chi connectivity index (χ0) is 12.3. The molecule has 1 fully saturated rings. The summed E-state index contributed by atoms with van der Waals surface area (Å²) >= 11 is 0. The predicted octanol–water partition coefficient (Wildman–Crippen LogP) is 0.712. The molecule has 2 heterocycles. The molecular formula is C12H21N3O2. The molecule has 5 nitrogen and oxygen atoms in total. The average molecular weight is 239 g/mol. The van der Waals surface area contributed by atoms with Crippen molar-refractivity contribution in [1.29, 1.82) is 0 Å². The molecule has 1 atom stereocenters. The number of nitrogens with one attached hydrogen (secondary N) is 1. The van der Waals surface area contributed by atoms with Gasteiger partial charge in [-0.15, -0.1) is 0 Å². The number of rotatable bonds is 4. The van der Waals surface area contributed by atoms with E-state index in [4.69, 9.17) is 9.15 Å². The standard InChI is InChI=1S/C12H21N3O2/c1-9-10(2)17-12(14-9)7-13-6-11-8-15(3)4-5-16-11/h11,13H,4-8H2,1-3H3. The van der Waals surface area contributed by atoms with E-state index in [1.54, 1.807) is 0 Å². The maximum absolute atomic E-state index is 5.66. The predicted molar refractivity (Wildman–Crippen MR) is 64.9 cm³/mol. The maximum atomic E-state index is 5.66. The molecule has 1 aliphatic heterocycles. The van der Waals surface area contributed by atoms with Gasteiger partial charge in [0.15, 0.2) is 0 Å². The minimum atomic E-state index is 0.269. The lowest BCUT2D eigenvalue weighted by atomic mass is 10.3. The molecule has 5 heteroatoms. The van der Waals surface area contributed by atoms with Gasteiger partial charge in [-0.3, -0.25) is 0 Å². The van der Waals surface area contributed by atoms with Gasteiger partial charge >= 0.3 is 0 Å². The van der Waals surface area contributed by atoms with Gasteiger partial charge in [0.25, 0.3) is 0 Å². The van der Waals surface area contributed by atoms with E-state index in [0.29, 0.717) is 6.54 Å². The van der Waals surface area contributed by atoms with Crippen LogP contribution >= 0.6 is 0 Å². The van der Waals surface area contributed by atoms with Crippen molar-refractivity contribution in [3.63, 3.8) is 0 Å². The Morgan fingerprint density at radius 1 is 1.47 bits per heavy atom. The third-order valence-electron chi connectivity index (χ3n) is 3.06. The lowest BCUT2D eigenvalue weighted by Gasteiger charge is -2.30. The van der Waals surface area contributed by atoms with Gasteiger partial charge in [0, 0.05) is 19.6 Å². The second-order valence-corrected chi connectivity index (χ2v) is 4.64. The van der Waals surface area contributed by atoms with Crippen molar-refractivity contribution < 1.29 is 9.15 Å². The summed E-state index contributed by atoms with van der Waals surface area (Å²) in [7, 11) is 2.12. The monoisotopic (exact) mass is 239 g/mol. The van der Waals surface area contributed by atoms with E-state index in [-0.39, 0.29) is 6.10 Å². The van der Waals surface area contributed by atoms with Crippen molar-refractivity contribution in [2.24, 2.45) is 0 Å². The fraction of sp³-hybridized carbons (Fsp3) is 0.750. The fourth-order valence-electron chi connectivity index (χ4n) is 1.95. The summed E-state index contributed by atoms with van der Waals surface area (Å²) in [6, 6.07) is 0. The zero-order valence-corrected chi connectivity index (χ0v) is 10.8. The molecule has 1 N–H and O–H groups in total. The molecule has 0 saturated carbocycles. The van der Waals surface area contributed by atoms with Crippen LogP contribution in [0.25, 0.3) is 0 Å². The summed E-state index contributed by atoms with van der Waals surface area (Å²) in [5.74, 6) is 1.65. The molecule has 0 spiro atoms. The number of ether oxygens (including phenoxy) is 1. The van der Waals surface area contributed by atoms with E-state index < -0.39 is 0 Å². The molecule has 0 amide bonds. The lowest BCUT2D eigenvalue weighted by Crippen LogP contribution is -2.44. The minimum absolute atomic E-state index is 0.269. The highest BCUT2D eigenvalue weighted by molar-refractivity contribution is 5.05. The molecule has 0 bridgehead atoms. The van der Waals surface area contributed by atoms with Crippen molar-refractivity contribution >= 4 is 0 Å². The first-order chi connectivity index (χ1) is 8.15. The second kappa shape index (κ2) is 5.62. The molecule has 96 valence electrons. The first-order valence-electron chi connectivity index (χ1n) is 6.09. The van der Waals surface area contributed by atoms with Gasteiger partial charge in [0.05, 0.1) is 24.9 Å². The van der Waals surface area contributed by atoms with E-state index in [1.807, 2.05) is 13.8 Å². The normalized spacial score (nSPS) is 21.9. The largest absolute Gasteiger partial charge is 0.444 e. The van der Waals surface area contributed by atoms with Crippen molar-refractivity contribution in [1.82, 2.24) is 15.2 Å². The zero-order valence-electron chi connectivity index (χ0n) is 10.8. The molecule has 1 saturated heterocycles. The van der Waals surface area contributed by atoms with Gasteiger partial charge in [-0.05, 0) is 20.9 Å². The molecular weight excluding hydrogens is 218 g/mol. The first-order valence-corrected chi connectivity index (χ1v) is 6.09. The number of hydrogen-bond donors (Lipinski definition) is 1. The van der Waals surface area contributed by atoms with Gasteiger partial charge < -0.3 is 19.4 Å². The topological polar surface area (TPSA) is 50.5 Å². The Morgan fingerprint density at radius 2 is 2.29 bits per heavy atom. The van der Waals surface area contributed by atoms with Crippen LogP contribution in [-0.2, 0) is 11.3 Å². The number of hydrogen-bond acceptors (Lipinski definition) is 5. The SMILES string of the molecule is Cc1nc(CNCC2CN(C)CCO2)oc1C. The van der Waals surface area contributed by atoms with Gasteiger partial charge in [0.2, 0.25) is 5.89 Å². The minimum Gasteiger partial charge on any atom is -0.444 e. The van der Waals surface area contributed by atoms with Crippen molar-refractivity contribution in [2.45, 2.75) is 26.5 Å². The molecule has 1 aromatic heterocycles. The van der Waals surface area contributed by atoms with E-state index in [1.165, 1.54) is 0 Å². The van der Waals surface area contributed by atoms with Gasteiger partial charge in [-0.2, -0.15) is 0 Å². The molecule has 2 rings (SSSR count). The van der Waals surface area contributed by atoms with E-state index in [9.17, 15) is 0 Å². The van der Waals surface area contributed by atoms with Crippen LogP contribution in [0.2, 0.25) is 0 Å². The Hall–Kier alpha value is -0.910. The summed E-state index contributed by atoms with van der Waals surface area (Å²) < 4.78 is 11.2. The number of likely N-dealkylation sites (N-methyl/N-ethyl adjacent to an activating group) is 1. The molecule has 0 aromatic carbocycles. The quantitative estimate of drug-likeness (QED) is 0.838. The summed E-state index contributed by atoms with van der Waals surface area (Å²) in [6.07, 6.45) is 0.269. The van der Waals surface area contributed by atoms with Gasteiger partial charge in [-0.1, -0.05) is 0 Å². The number of oxazole rings is 1. The molecule has 0 radical (unpaired) electrons. The Balaban J connectivity index is 1.72. The highest BCUT2D eigenvalue weighted by Gasteiger charge is 2.17. The van der Waals surface area contributed by atoms with E-state index in [0.717, 1.165) is 43.6 Å². The molecule has 0 aliphatic carbocycles. The van der Waals surface area contributed by atoms with Crippen LogP contribution in [0.1, 0.15) is 17.3 Å². The fourth-order valence-corrected chi connectivity index (χ4v) is 1.95. The Bertz CT molecular complexity index is 345. The smallest absolute Gasteiger partial charge is 0.208 e. The Labute approximate surface area is 102 Å². The van der Waals surface area contributed by atoms with Gasteiger partial charge in [-0.25, -0.2) is 4.98 Å². The van der Waals surface area contributed by atoms with Crippen LogP contribution in [0.3, 0.4) is 0 Å². The Kier molecular flexibility index (Phi) is 4.15. The van der Waals surface area contributed by atoms with Crippen LogP contribution in [-0.4, -0.2) is 49.3 Å². The van der Waals surface area contributed by atoms with Crippen LogP contribution < -0.4 is 5.32 Å². The van der Waals surface area contributed by atoms with E-state index in [2.05, 4.69) is 22.2 Å². The summed E-state index contributed by atoms with van der Waals surface area (Å²) in [5.41, 5.74) is 0.968. The summed E-state index contributed by atoms with van der Waals surface area (Å²) in [4.78, 5) is 6.61. The summed E-state index contributed by atoms with van der Waals surface area (Å²) in [5, 5.41) is 3.32. The lowest BCUT2D eigenvalue weighted by molar-refractivity contribution is -0.0184. The van der Waals surface area contributed by atoms with Gasteiger partial charge in [0.1, 0.15) is 5.76 Å². The van der Waals surface area contributed by atoms with Crippen LogP contribution in [0.15, 0.2) is 4.42 Å². The van der Waals surface area contributed by atoms with Crippen LogP contribution in [0, 0.1) is 13.8 Å². The number of morpholine rings is 1. The molecule has 1 aromatic rings. The van der Waals surface area contributed by atoms with Crippen LogP contribution in [0.5, 0.6) is 0 Å². The van der Waals surface area contributed by atoms with Crippen LogP contribution in [0.4, 0.5) is 0 Å². The third kappa shape index (κ3) is 3.52. The van der Waals surface area contributed by atoms with E-state index >= 15 is 0 Å². The Morgan fingerprint density at radius 3 is 2.94 bits per heavy atom. The highest BCUT2D eigenvalue weighted by atomic mass is 16.5. The third-order valence-corrected chi connectivity index (χ3v) is 3.06. The number of nitrogens with zero attached hydrogens (tertiary/aromatic N) is 2. The molecule has 17 heavy (non-hydrogen) atoms. The highest BCUT2D eigenvalue weighted by Crippen LogP contribution is 2.08. The number of aromatic nitrogens is 1. The van der Waals surface area contributed by atoms with Crippen molar-refractivity contribution in [2.75, 3.05) is 33.3 Å². The molecule has 1 unspecified atom stereocenters. The first kappa shape index (κ1) is 12.5.